The van der Waals surface area contributed by atoms with E-state index in [2.05, 4.69) is 22.3 Å². The van der Waals surface area contributed by atoms with Crippen molar-refractivity contribution < 1.29 is 13.9 Å². The third kappa shape index (κ3) is 6.02. The van der Waals surface area contributed by atoms with Crippen LogP contribution in [0.2, 0.25) is 0 Å². The number of likely N-dealkylation sites (tertiary alicyclic amines) is 1. The third-order valence-electron chi connectivity index (χ3n) is 4.95. The molecule has 1 aromatic carbocycles. The largest absolute Gasteiger partial charge is 0.497 e. The number of guanidine groups is 1. The Morgan fingerprint density at radius 3 is 2.86 bits per heavy atom. The fraction of sp³-hybridized carbons (Fsp3) is 0.500. The van der Waals surface area contributed by atoms with Gasteiger partial charge in [0.2, 0.25) is 0 Å². The lowest BCUT2D eigenvalue weighted by Crippen LogP contribution is -2.41. The van der Waals surface area contributed by atoms with Gasteiger partial charge in [-0.15, -0.1) is 0 Å². The summed E-state index contributed by atoms with van der Waals surface area (Å²) in [5.41, 5.74) is 1.16. The van der Waals surface area contributed by atoms with Gasteiger partial charge in [-0.3, -0.25) is 0 Å². The number of ether oxygens (including phenoxy) is 2. The minimum Gasteiger partial charge on any atom is -0.497 e. The van der Waals surface area contributed by atoms with Gasteiger partial charge in [-0.1, -0.05) is 12.1 Å². The molecule has 2 aromatic rings. The third-order valence-corrected chi connectivity index (χ3v) is 4.95. The first-order valence-electron chi connectivity index (χ1n) is 10.0. The zero-order valence-corrected chi connectivity index (χ0v) is 16.9. The first-order valence-corrected chi connectivity index (χ1v) is 10.0. The zero-order chi connectivity index (χ0) is 19.6. The summed E-state index contributed by atoms with van der Waals surface area (Å²) < 4.78 is 16.3. The van der Waals surface area contributed by atoms with Crippen molar-refractivity contribution in [3.8, 4) is 5.75 Å². The van der Waals surface area contributed by atoms with Crippen molar-refractivity contribution in [2.75, 3.05) is 40.0 Å². The maximum Gasteiger partial charge on any atom is 0.194 e. The zero-order valence-electron chi connectivity index (χ0n) is 16.9. The average molecular weight is 386 g/mol. The molecule has 2 heterocycles. The van der Waals surface area contributed by atoms with Crippen LogP contribution in [0, 0.1) is 5.92 Å². The Kier molecular flexibility index (Phi) is 7.79. The second-order valence-electron chi connectivity index (χ2n) is 7.00. The second-order valence-corrected chi connectivity index (χ2v) is 7.00. The summed E-state index contributed by atoms with van der Waals surface area (Å²) in [5, 5.41) is 3.52. The van der Waals surface area contributed by atoms with E-state index in [0.717, 1.165) is 68.7 Å². The predicted molar refractivity (Wildman–Crippen MR) is 111 cm³/mol. The molecule has 3 rings (SSSR count). The molecule has 1 aliphatic rings. The van der Waals surface area contributed by atoms with E-state index in [4.69, 9.17) is 18.9 Å². The van der Waals surface area contributed by atoms with Crippen molar-refractivity contribution in [3.05, 3.63) is 54.0 Å². The average Bonchev–Trinajstić information content (AvgIpc) is 3.41. The number of rotatable bonds is 9. The molecule has 1 aliphatic heterocycles. The molecule has 1 atom stereocenters. The molecule has 0 bridgehead atoms. The van der Waals surface area contributed by atoms with E-state index in [1.807, 2.05) is 31.2 Å². The molecular formula is C22H31N3O3. The van der Waals surface area contributed by atoms with E-state index in [1.165, 1.54) is 0 Å². The maximum atomic E-state index is 5.62. The summed E-state index contributed by atoms with van der Waals surface area (Å²) >= 11 is 0. The molecule has 1 aromatic heterocycles. The first kappa shape index (κ1) is 20.3. The van der Waals surface area contributed by atoms with E-state index in [-0.39, 0.29) is 0 Å². The van der Waals surface area contributed by atoms with E-state index in [0.29, 0.717) is 12.5 Å². The molecular weight excluding hydrogens is 354 g/mol. The molecule has 0 saturated carbocycles. The minimum absolute atomic E-state index is 0.568. The molecule has 6 nitrogen and oxygen atoms in total. The summed E-state index contributed by atoms with van der Waals surface area (Å²) in [6, 6.07) is 12.0. The highest BCUT2D eigenvalue weighted by Gasteiger charge is 2.25. The number of hydrogen-bond acceptors (Lipinski definition) is 4. The number of nitrogens with one attached hydrogen (secondary N) is 1. The Balaban J connectivity index is 1.60. The Bertz CT molecular complexity index is 713. The van der Waals surface area contributed by atoms with Gasteiger partial charge in [-0.2, -0.15) is 0 Å². The van der Waals surface area contributed by atoms with Crippen molar-refractivity contribution in [2.24, 2.45) is 10.9 Å². The summed E-state index contributed by atoms with van der Waals surface area (Å²) in [5.74, 6) is 3.37. The SMILES string of the molecule is CCOCC1CCN(C(=NCc2ccc(OC)cc2)NCCc2ccco2)C1. The number of furan rings is 1. The molecule has 152 valence electrons. The molecule has 6 heteroatoms. The molecule has 0 radical (unpaired) electrons. The second kappa shape index (κ2) is 10.8. The van der Waals surface area contributed by atoms with Crippen LogP contribution in [0.3, 0.4) is 0 Å². The van der Waals surface area contributed by atoms with Crippen molar-refractivity contribution in [2.45, 2.75) is 26.3 Å². The smallest absolute Gasteiger partial charge is 0.194 e. The van der Waals surface area contributed by atoms with Gasteiger partial charge >= 0.3 is 0 Å². The van der Waals surface area contributed by atoms with Crippen LogP contribution in [0.1, 0.15) is 24.7 Å². The Morgan fingerprint density at radius 2 is 2.14 bits per heavy atom. The van der Waals surface area contributed by atoms with Crippen LogP contribution in [0.25, 0.3) is 0 Å². The number of nitrogens with zero attached hydrogens (tertiary/aromatic N) is 2. The van der Waals surface area contributed by atoms with Gasteiger partial charge in [0.25, 0.3) is 0 Å². The highest BCUT2D eigenvalue weighted by Crippen LogP contribution is 2.17. The van der Waals surface area contributed by atoms with Crippen molar-refractivity contribution in [1.82, 2.24) is 10.2 Å². The van der Waals surface area contributed by atoms with Gasteiger partial charge in [0, 0.05) is 38.6 Å². The molecule has 0 aliphatic carbocycles. The lowest BCUT2D eigenvalue weighted by Gasteiger charge is -2.22. The summed E-state index contributed by atoms with van der Waals surface area (Å²) in [6.07, 6.45) is 3.69. The Morgan fingerprint density at radius 1 is 1.29 bits per heavy atom. The molecule has 1 saturated heterocycles. The molecule has 0 spiro atoms. The molecule has 1 unspecified atom stereocenters. The van der Waals surface area contributed by atoms with Gasteiger partial charge in [0.1, 0.15) is 11.5 Å². The normalized spacial score (nSPS) is 17.1. The van der Waals surface area contributed by atoms with Crippen molar-refractivity contribution >= 4 is 5.96 Å². The number of hydrogen-bond donors (Lipinski definition) is 1. The van der Waals surface area contributed by atoms with Gasteiger partial charge in [-0.25, -0.2) is 4.99 Å². The van der Waals surface area contributed by atoms with Crippen LogP contribution < -0.4 is 10.1 Å². The highest BCUT2D eigenvalue weighted by atomic mass is 16.5. The van der Waals surface area contributed by atoms with Crippen LogP contribution in [0.5, 0.6) is 5.75 Å². The molecule has 0 amide bonds. The topological polar surface area (TPSA) is 59.2 Å². The molecule has 1 N–H and O–H groups in total. The molecule has 28 heavy (non-hydrogen) atoms. The quantitative estimate of drug-likeness (QED) is 0.530. The first-order chi connectivity index (χ1) is 13.8. The van der Waals surface area contributed by atoms with E-state index in [1.54, 1.807) is 13.4 Å². The lowest BCUT2D eigenvalue weighted by atomic mass is 10.1. The van der Waals surface area contributed by atoms with Gasteiger partial charge in [0.05, 0.1) is 26.5 Å². The van der Waals surface area contributed by atoms with E-state index in [9.17, 15) is 0 Å². The maximum absolute atomic E-state index is 5.62. The van der Waals surface area contributed by atoms with Gasteiger partial charge < -0.3 is 24.1 Å². The number of aliphatic imine (C=N–C) groups is 1. The van der Waals surface area contributed by atoms with Crippen molar-refractivity contribution in [3.63, 3.8) is 0 Å². The lowest BCUT2D eigenvalue weighted by molar-refractivity contribution is 0.114. The van der Waals surface area contributed by atoms with Crippen LogP contribution in [0.4, 0.5) is 0 Å². The molecule has 1 fully saturated rings. The van der Waals surface area contributed by atoms with Crippen molar-refractivity contribution in [1.29, 1.82) is 0 Å². The van der Waals surface area contributed by atoms with Gasteiger partial charge in [0.15, 0.2) is 5.96 Å². The fourth-order valence-electron chi connectivity index (χ4n) is 3.36. The standard InChI is InChI=1S/C22H31N3O3/c1-3-27-17-19-11-13-25(16-19)22(23-12-10-21-5-4-14-28-21)24-15-18-6-8-20(26-2)9-7-18/h4-9,14,19H,3,10-13,15-17H2,1-2H3,(H,23,24). The van der Waals surface area contributed by atoms with Crippen LogP contribution in [0.15, 0.2) is 52.1 Å². The number of benzene rings is 1. The Hall–Kier alpha value is -2.47. The van der Waals surface area contributed by atoms with E-state index < -0.39 is 0 Å². The summed E-state index contributed by atoms with van der Waals surface area (Å²) in [6.45, 7) is 7.07. The number of methoxy groups -OCH3 is 1. The van der Waals surface area contributed by atoms with Crippen LogP contribution in [-0.2, 0) is 17.7 Å². The van der Waals surface area contributed by atoms with E-state index >= 15 is 0 Å². The highest BCUT2D eigenvalue weighted by molar-refractivity contribution is 5.80. The fourth-order valence-corrected chi connectivity index (χ4v) is 3.36. The van der Waals surface area contributed by atoms with Gasteiger partial charge in [-0.05, 0) is 43.2 Å². The summed E-state index contributed by atoms with van der Waals surface area (Å²) in [4.78, 5) is 7.23. The predicted octanol–water partition coefficient (Wildman–Crippen LogP) is 3.33. The van der Waals surface area contributed by atoms with Crippen LogP contribution in [-0.4, -0.2) is 50.8 Å². The Labute approximate surface area is 167 Å². The van der Waals surface area contributed by atoms with Crippen LogP contribution >= 0.6 is 0 Å². The summed E-state index contributed by atoms with van der Waals surface area (Å²) in [7, 11) is 1.68. The monoisotopic (exact) mass is 385 g/mol. The minimum atomic E-state index is 0.568.